The smallest absolute Gasteiger partial charge is 0.214 e. The standard InChI is InChI=1S/C11H21OSi/c1-3-4-5-8-11(2)13-10-7-6-9-12-13/h3,11H,1,4-10H2,2H3. The fourth-order valence-electron chi connectivity index (χ4n) is 1.79. The molecule has 1 saturated heterocycles. The second-order valence-electron chi connectivity index (χ2n) is 3.89. The highest BCUT2D eigenvalue weighted by Crippen LogP contribution is 2.25. The van der Waals surface area contributed by atoms with Gasteiger partial charge in [-0.25, -0.2) is 0 Å². The average Bonchev–Trinajstić information content (AvgIpc) is 2.19. The van der Waals surface area contributed by atoms with Gasteiger partial charge < -0.3 is 4.43 Å². The van der Waals surface area contributed by atoms with Gasteiger partial charge in [0.15, 0.2) is 0 Å². The zero-order valence-electron chi connectivity index (χ0n) is 8.72. The van der Waals surface area contributed by atoms with Crippen LogP contribution in [0.2, 0.25) is 11.6 Å². The van der Waals surface area contributed by atoms with E-state index in [1.54, 1.807) is 0 Å². The third kappa shape index (κ3) is 4.10. The van der Waals surface area contributed by atoms with E-state index in [-0.39, 0.29) is 0 Å². The van der Waals surface area contributed by atoms with Crippen molar-refractivity contribution in [3.05, 3.63) is 12.7 Å². The molecule has 1 atom stereocenters. The van der Waals surface area contributed by atoms with Crippen molar-refractivity contribution in [1.29, 1.82) is 0 Å². The Morgan fingerprint density at radius 2 is 2.38 bits per heavy atom. The Labute approximate surface area is 83.9 Å². The Bertz CT molecular complexity index is 141. The highest BCUT2D eigenvalue weighted by atomic mass is 28.3. The molecule has 75 valence electrons. The van der Waals surface area contributed by atoms with Crippen LogP contribution in [0.4, 0.5) is 0 Å². The van der Waals surface area contributed by atoms with Crippen LogP contribution in [0.25, 0.3) is 0 Å². The predicted octanol–water partition coefficient (Wildman–Crippen LogP) is 3.53. The molecular formula is C11H21OSi. The van der Waals surface area contributed by atoms with E-state index in [4.69, 9.17) is 4.43 Å². The maximum atomic E-state index is 5.85. The summed E-state index contributed by atoms with van der Waals surface area (Å²) in [4.78, 5) is 0. The summed E-state index contributed by atoms with van der Waals surface area (Å²) in [6.07, 6.45) is 8.50. The summed E-state index contributed by atoms with van der Waals surface area (Å²) in [5.74, 6) is 0. The van der Waals surface area contributed by atoms with Crippen molar-refractivity contribution in [2.24, 2.45) is 0 Å². The first-order valence-corrected chi connectivity index (χ1v) is 7.13. The van der Waals surface area contributed by atoms with Crippen LogP contribution in [-0.2, 0) is 4.43 Å². The minimum atomic E-state index is -0.441. The summed E-state index contributed by atoms with van der Waals surface area (Å²) in [6, 6.07) is 1.37. The van der Waals surface area contributed by atoms with Crippen LogP contribution in [-0.4, -0.2) is 15.6 Å². The molecule has 1 unspecified atom stereocenters. The molecule has 0 amide bonds. The molecule has 0 aromatic carbocycles. The Balaban J connectivity index is 2.13. The number of rotatable bonds is 5. The van der Waals surface area contributed by atoms with Gasteiger partial charge >= 0.3 is 0 Å². The first-order valence-electron chi connectivity index (χ1n) is 5.44. The van der Waals surface area contributed by atoms with Gasteiger partial charge in [-0.1, -0.05) is 25.8 Å². The van der Waals surface area contributed by atoms with E-state index < -0.39 is 9.04 Å². The van der Waals surface area contributed by atoms with Crippen LogP contribution < -0.4 is 0 Å². The molecule has 0 aromatic heterocycles. The van der Waals surface area contributed by atoms with Gasteiger partial charge in [0.05, 0.1) is 0 Å². The lowest BCUT2D eigenvalue weighted by Gasteiger charge is -2.25. The Morgan fingerprint density at radius 1 is 1.54 bits per heavy atom. The van der Waals surface area contributed by atoms with Gasteiger partial charge in [-0.2, -0.15) is 0 Å². The first-order chi connectivity index (χ1) is 6.34. The second kappa shape index (κ2) is 6.38. The molecule has 1 heterocycles. The largest absolute Gasteiger partial charge is 0.416 e. The molecule has 1 rings (SSSR count). The lowest BCUT2D eigenvalue weighted by Crippen LogP contribution is -2.27. The van der Waals surface area contributed by atoms with Gasteiger partial charge in [0.1, 0.15) is 0 Å². The molecule has 0 bridgehead atoms. The summed E-state index contributed by atoms with van der Waals surface area (Å²) in [7, 11) is -0.441. The van der Waals surface area contributed by atoms with Crippen molar-refractivity contribution in [2.75, 3.05) is 6.61 Å². The molecule has 1 nitrogen and oxygen atoms in total. The maximum absolute atomic E-state index is 5.85. The van der Waals surface area contributed by atoms with E-state index in [1.165, 1.54) is 38.1 Å². The lowest BCUT2D eigenvalue weighted by molar-refractivity contribution is 0.278. The number of hydrogen-bond acceptors (Lipinski definition) is 1. The third-order valence-electron chi connectivity index (χ3n) is 2.70. The summed E-state index contributed by atoms with van der Waals surface area (Å²) >= 11 is 0. The Morgan fingerprint density at radius 3 is 3.00 bits per heavy atom. The fourth-order valence-corrected chi connectivity index (χ4v) is 4.25. The normalized spacial score (nSPS) is 21.3. The van der Waals surface area contributed by atoms with E-state index in [1.807, 2.05) is 6.08 Å². The zero-order chi connectivity index (χ0) is 9.52. The predicted molar refractivity (Wildman–Crippen MR) is 59.2 cm³/mol. The molecule has 0 spiro atoms. The number of allylic oxidation sites excluding steroid dienone is 1. The van der Waals surface area contributed by atoms with E-state index >= 15 is 0 Å². The fraction of sp³-hybridized carbons (Fsp3) is 0.818. The lowest BCUT2D eigenvalue weighted by atomic mass is 10.2. The molecule has 0 N–H and O–H groups in total. The second-order valence-corrected chi connectivity index (χ2v) is 6.60. The Kier molecular flexibility index (Phi) is 5.40. The molecule has 13 heavy (non-hydrogen) atoms. The van der Waals surface area contributed by atoms with Gasteiger partial charge in [0, 0.05) is 6.61 Å². The van der Waals surface area contributed by atoms with E-state index in [2.05, 4.69) is 13.5 Å². The van der Waals surface area contributed by atoms with Crippen molar-refractivity contribution in [3.8, 4) is 0 Å². The van der Waals surface area contributed by atoms with E-state index in [0.717, 1.165) is 12.1 Å². The molecule has 0 aliphatic carbocycles. The first kappa shape index (κ1) is 11.0. The monoisotopic (exact) mass is 197 g/mol. The molecule has 0 aromatic rings. The minimum Gasteiger partial charge on any atom is -0.416 e. The molecule has 2 heteroatoms. The van der Waals surface area contributed by atoms with Gasteiger partial charge in [0.2, 0.25) is 9.04 Å². The van der Waals surface area contributed by atoms with Gasteiger partial charge in [-0.3, -0.25) is 0 Å². The van der Waals surface area contributed by atoms with Crippen LogP contribution in [0, 0.1) is 0 Å². The summed E-state index contributed by atoms with van der Waals surface area (Å²) < 4.78 is 5.85. The molecule has 1 aliphatic rings. The zero-order valence-corrected chi connectivity index (χ0v) is 9.72. The van der Waals surface area contributed by atoms with Crippen molar-refractivity contribution >= 4 is 9.04 Å². The summed E-state index contributed by atoms with van der Waals surface area (Å²) in [5.41, 5.74) is 0.838. The molecule has 1 radical (unpaired) electrons. The molecule has 0 saturated carbocycles. The van der Waals surface area contributed by atoms with Crippen molar-refractivity contribution in [2.45, 2.75) is 50.6 Å². The average molecular weight is 197 g/mol. The number of hydrogen-bond donors (Lipinski definition) is 0. The van der Waals surface area contributed by atoms with Gasteiger partial charge in [-0.05, 0) is 30.8 Å². The minimum absolute atomic E-state index is 0.441. The number of unbranched alkanes of at least 4 members (excludes halogenated alkanes) is 1. The third-order valence-corrected chi connectivity index (χ3v) is 5.51. The van der Waals surface area contributed by atoms with Crippen molar-refractivity contribution in [3.63, 3.8) is 0 Å². The maximum Gasteiger partial charge on any atom is 0.214 e. The highest BCUT2D eigenvalue weighted by Gasteiger charge is 2.23. The van der Waals surface area contributed by atoms with Crippen LogP contribution >= 0.6 is 0 Å². The van der Waals surface area contributed by atoms with E-state index in [9.17, 15) is 0 Å². The molecule has 1 fully saturated rings. The van der Waals surface area contributed by atoms with Gasteiger partial charge in [0.25, 0.3) is 0 Å². The van der Waals surface area contributed by atoms with Gasteiger partial charge in [-0.15, -0.1) is 6.58 Å². The van der Waals surface area contributed by atoms with Crippen LogP contribution in [0.5, 0.6) is 0 Å². The quantitative estimate of drug-likeness (QED) is 0.372. The summed E-state index contributed by atoms with van der Waals surface area (Å²) in [6.45, 7) is 7.14. The molecular weight excluding hydrogens is 176 g/mol. The Hall–Kier alpha value is -0.0831. The SMILES string of the molecule is C=CCCCC(C)[Si]1CCCCO1. The van der Waals surface area contributed by atoms with E-state index in [0.29, 0.717) is 0 Å². The highest BCUT2D eigenvalue weighted by molar-refractivity contribution is 6.53. The topological polar surface area (TPSA) is 9.23 Å². The van der Waals surface area contributed by atoms with Crippen LogP contribution in [0.1, 0.15) is 39.0 Å². The van der Waals surface area contributed by atoms with Crippen molar-refractivity contribution < 1.29 is 4.43 Å². The summed E-state index contributed by atoms with van der Waals surface area (Å²) in [5, 5.41) is 0. The molecule has 1 aliphatic heterocycles. The van der Waals surface area contributed by atoms with Crippen LogP contribution in [0.15, 0.2) is 12.7 Å². The van der Waals surface area contributed by atoms with Crippen LogP contribution in [0.3, 0.4) is 0 Å². The van der Waals surface area contributed by atoms with Crippen molar-refractivity contribution in [1.82, 2.24) is 0 Å².